The molecule has 0 aliphatic rings. The zero-order valence-electron chi connectivity index (χ0n) is 10.6. The highest BCUT2D eigenvalue weighted by atomic mass is 32.2. The van der Waals surface area contributed by atoms with Gasteiger partial charge in [-0.15, -0.1) is 0 Å². The summed E-state index contributed by atoms with van der Waals surface area (Å²) in [5.74, 6) is 0. The zero-order chi connectivity index (χ0) is 13.4. The second-order valence-electron chi connectivity index (χ2n) is 3.26. The number of amides is 2. The minimum Gasteiger partial charge on any atom is -0.361 e. The highest BCUT2D eigenvalue weighted by Gasteiger charge is 2.22. The summed E-state index contributed by atoms with van der Waals surface area (Å²) in [6.45, 7) is 8.67. The first-order valence-corrected chi connectivity index (χ1v) is 5.98. The standard InChI is InChI=1S/C11H18N2O3S/c1-6-8(3)12-11(15)13(9(4)16-5)17-10(14)7-2/h7,9H,2,6H2,1,3-5H3. The molecule has 0 bridgehead atoms. The topological polar surface area (TPSA) is 59.0 Å². The molecule has 96 valence electrons. The summed E-state index contributed by atoms with van der Waals surface area (Å²) in [4.78, 5) is 26.9. The molecule has 0 aliphatic carbocycles. The normalized spacial score (nSPS) is 13.1. The van der Waals surface area contributed by atoms with E-state index in [-0.39, 0.29) is 5.12 Å². The maximum Gasteiger partial charge on any atom is 0.356 e. The van der Waals surface area contributed by atoms with Crippen LogP contribution in [-0.2, 0) is 9.53 Å². The van der Waals surface area contributed by atoms with E-state index >= 15 is 0 Å². The molecule has 6 heteroatoms. The molecule has 0 radical (unpaired) electrons. The third-order valence-electron chi connectivity index (χ3n) is 2.01. The minimum absolute atomic E-state index is 0.327. The molecule has 1 atom stereocenters. The molecule has 17 heavy (non-hydrogen) atoms. The van der Waals surface area contributed by atoms with Crippen LogP contribution in [0.25, 0.3) is 0 Å². The molecule has 0 aliphatic heterocycles. The van der Waals surface area contributed by atoms with E-state index in [1.165, 1.54) is 11.4 Å². The second-order valence-corrected chi connectivity index (χ2v) is 4.24. The SMILES string of the molecule is C=CC(=O)SN(C(=O)N=C(C)CC)C(C)OC. The van der Waals surface area contributed by atoms with Gasteiger partial charge in [0.05, 0.1) is 0 Å². The summed E-state index contributed by atoms with van der Waals surface area (Å²) < 4.78 is 6.21. The molecule has 0 aromatic rings. The Balaban J connectivity index is 4.85. The third-order valence-corrected chi connectivity index (χ3v) is 3.01. The Morgan fingerprint density at radius 1 is 1.59 bits per heavy atom. The molecule has 0 saturated heterocycles. The molecular formula is C11H18N2O3S. The van der Waals surface area contributed by atoms with Crippen LogP contribution in [0, 0.1) is 0 Å². The molecule has 0 aromatic carbocycles. The van der Waals surface area contributed by atoms with Crippen LogP contribution < -0.4 is 0 Å². The number of urea groups is 1. The van der Waals surface area contributed by atoms with Crippen molar-refractivity contribution in [3.8, 4) is 0 Å². The first-order valence-electron chi connectivity index (χ1n) is 5.20. The largest absolute Gasteiger partial charge is 0.361 e. The van der Waals surface area contributed by atoms with Crippen LogP contribution in [0.5, 0.6) is 0 Å². The summed E-state index contributed by atoms with van der Waals surface area (Å²) in [6.07, 6.45) is 1.29. The van der Waals surface area contributed by atoms with E-state index in [2.05, 4.69) is 11.6 Å². The minimum atomic E-state index is -0.537. The van der Waals surface area contributed by atoms with E-state index in [1.54, 1.807) is 13.8 Å². The molecule has 5 nitrogen and oxygen atoms in total. The van der Waals surface area contributed by atoms with Gasteiger partial charge in [0, 0.05) is 24.8 Å². The van der Waals surface area contributed by atoms with E-state index in [4.69, 9.17) is 4.74 Å². The van der Waals surface area contributed by atoms with Crippen molar-refractivity contribution < 1.29 is 14.3 Å². The lowest BCUT2D eigenvalue weighted by atomic mass is 10.3. The molecule has 0 rings (SSSR count). The molecule has 0 fully saturated rings. The Morgan fingerprint density at radius 2 is 2.18 bits per heavy atom. The van der Waals surface area contributed by atoms with Crippen molar-refractivity contribution in [1.82, 2.24) is 4.31 Å². The Labute approximate surface area is 106 Å². The van der Waals surface area contributed by atoms with Gasteiger partial charge in [-0.2, -0.15) is 0 Å². The number of hydrogen-bond acceptors (Lipinski definition) is 4. The van der Waals surface area contributed by atoms with Crippen molar-refractivity contribution in [1.29, 1.82) is 0 Å². The van der Waals surface area contributed by atoms with Crippen LogP contribution in [0.4, 0.5) is 4.79 Å². The first-order chi connectivity index (χ1) is 7.96. The van der Waals surface area contributed by atoms with Gasteiger partial charge in [0.2, 0.25) is 5.12 Å². The number of rotatable bonds is 4. The van der Waals surface area contributed by atoms with Gasteiger partial charge in [0.15, 0.2) is 0 Å². The fraction of sp³-hybridized carbons (Fsp3) is 0.545. The second kappa shape index (κ2) is 8.03. The number of carbonyl (C=O) groups excluding carboxylic acids is 2. The zero-order valence-corrected chi connectivity index (χ0v) is 11.4. The van der Waals surface area contributed by atoms with Crippen LogP contribution in [0.3, 0.4) is 0 Å². The Hall–Kier alpha value is -1.14. The number of ether oxygens (including phenoxy) is 1. The Bertz CT molecular complexity index is 329. The monoisotopic (exact) mass is 258 g/mol. The number of nitrogens with zero attached hydrogens (tertiary/aromatic N) is 2. The van der Waals surface area contributed by atoms with Gasteiger partial charge >= 0.3 is 6.03 Å². The number of hydrogen-bond donors (Lipinski definition) is 0. The van der Waals surface area contributed by atoms with Crippen LogP contribution in [0.15, 0.2) is 17.6 Å². The number of carbonyl (C=O) groups is 2. The van der Waals surface area contributed by atoms with Gasteiger partial charge < -0.3 is 4.74 Å². The third kappa shape index (κ3) is 5.65. The lowest BCUT2D eigenvalue weighted by molar-refractivity contribution is -0.107. The Kier molecular flexibility index (Phi) is 7.49. The van der Waals surface area contributed by atoms with Crippen molar-refractivity contribution in [2.45, 2.75) is 33.4 Å². The fourth-order valence-corrected chi connectivity index (χ4v) is 1.41. The van der Waals surface area contributed by atoms with Gasteiger partial charge in [-0.1, -0.05) is 13.5 Å². The molecule has 2 amide bonds. The maximum atomic E-state index is 11.8. The van der Waals surface area contributed by atoms with E-state index in [0.29, 0.717) is 12.1 Å². The molecule has 0 heterocycles. The van der Waals surface area contributed by atoms with Crippen molar-refractivity contribution in [2.24, 2.45) is 4.99 Å². The van der Waals surface area contributed by atoms with E-state index in [9.17, 15) is 9.59 Å². The van der Waals surface area contributed by atoms with E-state index < -0.39 is 12.3 Å². The lowest BCUT2D eigenvalue weighted by Crippen LogP contribution is -2.33. The fourth-order valence-electron chi connectivity index (χ4n) is 0.790. The predicted octanol–water partition coefficient (Wildman–Crippen LogP) is 2.63. The quantitative estimate of drug-likeness (QED) is 0.336. The highest BCUT2D eigenvalue weighted by Crippen LogP contribution is 2.18. The average Bonchev–Trinajstić information content (AvgIpc) is 2.33. The van der Waals surface area contributed by atoms with Crippen molar-refractivity contribution in [2.75, 3.05) is 7.11 Å². The van der Waals surface area contributed by atoms with Crippen LogP contribution in [0.2, 0.25) is 0 Å². The van der Waals surface area contributed by atoms with Crippen molar-refractivity contribution in [3.63, 3.8) is 0 Å². The molecular weight excluding hydrogens is 240 g/mol. The Morgan fingerprint density at radius 3 is 2.59 bits per heavy atom. The lowest BCUT2D eigenvalue weighted by Gasteiger charge is -2.23. The summed E-state index contributed by atoms with van der Waals surface area (Å²) in [5.41, 5.74) is 0.704. The van der Waals surface area contributed by atoms with E-state index in [1.807, 2.05) is 6.92 Å². The summed E-state index contributed by atoms with van der Waals surface area (Å²) in [6, 6.07) is -0.501. The van der Waals surface area contributed by atoms with Crippen LogP contribution >= 0.6 is 11.9 Å². The smallest absolute Gasteiger partial charge is 0.356 e. The van der Waals surface area contributed by atoms with E-state index in [0.717, 1.165) is 18.0 Å². The number of aliphatic imine (C=N–C) groups is 1. The van der Waals surface area contributed by atoms with Crippen LogP contribution in [0.1, 0.15) is 27.2 Å². The van der Waals surface area contributed by atoms with Gasteiger partial charge in [-0.3, -0.25) is 4.79 Å². The van der Waals surface area contributed by atoms with Gasteiger partial charge in [0.25, 0.3) is 0 Å². The summed E-state index contributed by atoms with van der Waals surface area (Å²) >= 11 is 0.733. The van der Waals surface area contributed by atoms with Gasteiger partial charge in [0.1, 0.15) is 6.23 Å². The summed E-state index contributed by atoms with van der Waals surface area (Å²) in [5, 5.41) is -0.327. The van der Waals surface area contributed by atoms with Gasteiger partial charge in [-0.05, 0) is 26.3 Å². The van der Waals surface area contributed by atoms with Gasteiger partial charge in [-0.25, -0.2) is 14.1 Å². The summed E-state index contributed by atoms with van der Waals surface area (Å²) in [7, 11) is 1.46. The van der Waals surface area contributed by atoms with Crippen molar-refractivity contribution >= 4 is 28.8 Å². The molecule has 0 N–H and O–H groups in total. The van der Waals surface area contributed by atoms with Crippen LogP contribution in [-0.4, -0.2) is 34.5 Å². The maximum absolute atomic E-state index is 11.8. The van der Waals surface area contributed by atoms with Crippen molar-refractivity contribution in [3.05, 3.63) is 12.7 Å². The molecule has 0 aromatic heterocycles. The molecule has 0 spiro atoms. The molecule has 1 unspecified atom stereocenters. The molecule has 0 saturated carbocycles. The average molecular weight is 258 g/mol. The number of methoxy groups -OCH3 is 1. The predicted molar refractivity (Wildman–Crippen MR) is 69.9 cm³/mol. The first kappa shape index (κ1) is 15.9. The highest BCUT2D eigenvalue weighted by molar-refractivity contribution is 8.12.